The first-order valence-electron chi connectivity index (χ1n) is 5.91. The van der Waals surface area contributed by atoms with Crippen molar-refractivity contribution in [1.82, 2.24) is 4.90 Å². The van der Waals surface area contributed by atoms with Gasteiger partial charge in [-0.05, 0) is 32.7 Å². The summed E-state index contributed by atoms with van der Waals surface area (Å²) in [4.78, 5) is 2.16. The lowest BCUT2D eigenvalue weighted by Crippen LogP contribution is -2.42. The van der Waals surface area contributed by atoms with Crippen LogP contribution in [0, 0.1) is 5.92 Å². The van der Waals surface area contributed by atoms with Crippen LogP contribution < -0.4 is 0 Å². The second kappa shape index (κ2) is 5.69. The Bertz CT molecular complexity index is 316. The maximum atomic E-state index is 11.7. The van der Waals surface area contributed by atoms with E-state index in [4.69, 9.17) is 11.6 Å². The summed E-state index contributed by atoms with van der Waals surface area (Å²) in [6, 6.07) is 0. The lowest BCUT2D eigenvalue weighted by molar-refractivity contribution is 0.206. The van der Waals surface area contributed by atoms with Gasteiger partial charge in [-0.1, -0.05) is 6.92 Å². The minimum Gasteiger partial charge on any atom is -0.301 e. The zero-order valence-corrected chi connectivity index (χ0v) is 11.9. The number of rotatable bonds is 4. The van der Waals surface area contributed by atoms with Crippen LogP contribution in [-0.2, 0) is 9.84 Å². The average Bonchev–Trinajstić information content (AvgIpc) is 2.20. The smallest absolute Gasteiger partial charge is 0.153 e. The molecule has 1 saturated heterocycles. The molecule has 0 aromatic rings. The van der Waals surface area contributed by atoms with Gasteiger partial charge in [0.15, 0.2) is 9.84 Å². The van der Waals surface area contributed by atoms with Crippen LogP contribution in [0.25, 0.3) is 0 Å². The molecule has 2 atom stereocenters. The largest absolute Gasteiger partial charge is 0.301 e. The van der Waals surface area contributed by atoms with Crippen molar-refractivity contribution in [3.05, 3.63) is 0 Å². The quantitative estimate of drug-likeness (QED) is 0.729. The Hall–Kier alpha value is 0.200. The SMILES string of the molecule is CC1CCN(CCS(=O)(=O)C(C)C)CC1Cl. The van der Waals surface area contributed by atoms with E-state index < -0.39 is 9.84 Å². The first-order chi connectivity index (χ1) is 7.33. The van der Waals surface area contributed by atoms with E-state index in [0.717, 1.165) is 19.5 Å². The molecule has 5 heteroatoms. The summed E-state index contributed by atoms with van der Waals surface area (Å²) in [7, 11) is -2.91. The topological polar surface area (TPSA) is 37.4 Å². The zero-order chi connectivity index (χ0) is 12.3. The third kappa shape index (κ3) is 3.90. The number of halogens is 1. The number of nitrogens with zero attached hydrogens (tertiary/aromatic N) is 1. The van der Waals surface area contributed by atoms with Gasteiger partial charge in [0.1, 0.15) is 0 Å². The summed E-state index contributed by atoms with van der Waals surface area (Å²) in [6.07, 6.45) is 1.07. The van der Waals surface area contributed by atoms with Gasteiger partial charge in [0.05, 0.1) is 11.0 Å². The summed E-state index contributed by atoms with van der Waals surface area (Å²) in [6.45, 7) is 8.03. The van der Waals surface area contributed by atoms with Crippen LogP contribution in [-0.4, -0.2) is 49.3 Å². The average molecular weight is 268 g/mol. The van der Waals surface area contributed by atoms with Crippen LogP contribution in [0.1, 0.15) is 27.2 Å². The predicted molar refractivity (Wildman–Crippen MR) is 68.8 cm³/mol. The fraction of sp³-hybridized carbons (Fsp3) is 1.00. The summed E-state index contributed by atoms with van der Waals surface area (Å²) in [5.41, 5.74) is 0. The lowest BCUT2D eigenvalue weighted by atomic mass is 9.99. The highest BCUT2D eigenvalue weighted by atomic mass is 35.5. The van der Waals surface area contributed by atoms with E-state index in [0.29, 0.717) is 12.5 Å². The molecule has 1 aliphatic rings. The number of hydrogen-bond donors (Lipinski definition) is 0. The van der Waals surface area contributed by atoms with Gasteiger partial charge in [0.2, 0.25) is 0 Å². The maximum absolute atomic E-state index is 11.7. The summed E-state index contributed by atoms with van der Waals surface area (Å²) in [5, 5.41) is -0.112. The molecule has 0 saturated carbocycles. The lowest BCUT2D eigenvalue weighted by Gasteiger charge is -2.33. The zero-order valence-electron chi connectivity index (χ0n) is 10.3. The summed E-state index contributed by atoms with van der Waals surface area (Å²) >= 11 is 6.18. The van der Waals surface area contributed by atoms with Crippen molar-refractivity contribution in [2.24, 2.45) is 5.92 Å². The molecule has 1 rings (SSSR count). The van der Waals surface area contributed by atoms with Crippen LogP contribution in [0.2, 0.25) is 0 Å². The number of hydrogen-bond acceptors (Lipinski definition) is 3. The molecule has 2 unspecified atom stereocenters. The molecule has 0 N–H and O–H groups in total. The Morgan fingerprint density at radius 1 is 1.44 bits per heavy atom. The number of piperidine rings is 1. The van der Waals surface area contributed by atoms with Gasteiger partial charge < -0.3 is 4.90 Å². The molecule has 96 valence electrons. The van der Waals surface area contributed by atoms with Gasteiger partial charge in [-0.15, -0.1) is 11.6 Å². The van der Waals surface area contributed by atoms with Crippen molar-refractivity contribution < 1.29 is 8.42 Å². The van der Waals surface area contributed by atoms with Crippen molar-refractivity contribution in [3.8, 4) is 0 Å². The normalized spacial score (nSPS) is 28.6. The van der Waals surface area contributed by atoms with Crippen molar-refractivity contribution in [2.75, 3.05) is 25.4 Å². The van der Waals surface area contributed by atoms with E-state index in [9.17, 15) is 8.42 Å². The second-order valence-electron chi connectivity index (χ2n) is 5.00. The predicted octanol–water partition coefficient (Wildman–Crippen LogP) is 1.76. The fourth-order valence-electron chi connectivity index (χ4n) is 1.78. The molecular formula is C11H22ClNO2S. The Morgan fingerprint density at radius 2 is 2.06 bits per heavy atom. The minimum absolute atomic E-state index is 0.163. The minimum atomic E-state index is -2.91. The van der Waals surface area contributed by atoms with Crippen molar-refractivity contribution in [3.63, 3.8) is 0 Å². The molecule has 0 amide bonds. The molecule has 1 aliphatic heterocycles. The summed E-state index contributed by atoms with van der Waals surface area (Å²) in [5.74, 6) is 0.794. The molecular weight excluding hydrogens is 246 g/mol. The molecule has 0 radical (unpaired) electrons. The number of sulfone groups is 1. The highest BCUT2D eigenvalue weighted by molar-refractivity contribution is 7.92. The Balaban J connectivity index is 2.40. The fourth-order valence-corrected chi connectivity index (χ4v) is 3.09. The molecule has 1 heterocycles. The van der Waals surface area contributed by atoms with Gasteiger partial charge >= 0.3 is 0 Å². The number of alkyl halides is 1. The van der Waals surface area contributed by atoms with E-state index in [1.54, 1.807) is 13.8 Å². The van der Waals surface area contributed by atoms with Crippen LogP contribution in [0.3, 0.4) is 0 Å². The Morgan fingerprint density at radius 3 is 2.56 bits per heavy atom. The van der Waals surface area contributed by atoms with Crippen LogP contribution in [0.15, 0.2) is 0 Å². The molecule has 0 spiro atoms. The highest BCUT2D eigenvalue weighted by Crippen LogP contribution is 2.21. The van der Waals surface area contributed by atoms with Crippen molar-refractivity contribution >= 4 is 21.4 Å². The maximum Gasteiger partial charge on any atom is 0.153 e. The van der Waals surface area contributed by atoms with E-state index in [1.165, 1.54) is 0 Å². The first-order valence-corrected chi connectivity index (χ1v) is 8.06. The van der Waals surface area contributed by atoms with Crippen LogP contribution in [0.5, 0.6) is 0 Å². The molecule has 16 heavy (non-hydrogen) atoms. The van der Waals surface area contributed by atoms with E-state index in [2.05, 4.69) is 11.8 Å². The van der Waals surface area contributed by atoms with Gasteiger partial charge in [-0.25, -0.2) is 8.42 Å². The van der Waals surface area contributed by atoms with Gasteiger partial charge in [-0.2, -0.15) is 0 Å². The van der Waals surface area contributed by atoms with Crippen LogP contribution in [0.4, 0.5) is 0 Å². The number of likely N-dealkylation sites (tertiary alicyclic amines) is 1. The molecule has 0 aliphatic carbocycles. The Labute approximate surface area is 104 Å². The van der Waals surface area contributed by atoms with Crippen molar-refractivity contribution in [1.29, 1.82) is 0 Å². The monoisotopic (exact) mass is 267 g/mol. The molecule has 1 fully saturated rings. The van der Waals surface area contributed by atoms with Gasteiger partial charge in [-0.3, -0.25) is 0 Å². The van der Waals surface area contributed by atoms with E-state index in [1.807, 2.05) is 0 Å². The first kappa shape index (κ1) is 14.3. The Kier molecular flexibility index (Phi) is 5.08. The van der Waals surface area contributed by atoms with Gasteiger partial charge in [0, 0.05) is 18.5 Å². The second-order valence-corrected chi connectivity index (χ2v) is 8.24. The molecule has 0 bridgehead atoms. The molecule has 3 nitrogen and oxygen atoms in total. The van der Waals surface area contributed by atoms with Gasteiger partial charge in [0.25, 0.3) is 0 Å². The third-order valence-electron chi connectivity index (χ3n) is 3.36. The van der Waals surface area contributed by atoms with E-state index in [-0.39, 0.29) is 16.4 Å². The summed E-state index contributed by atoms with van der Waals surface area (Å²) < 4.78 is 23.3. The van der Waals surface area contributed by atoms with Crippen LogP contribution >= 0.6 is 11.6 Å². The van der Waals surface area contributed by atoms with Crippen molar-refractivity contribution in [2.45, 2.75) is 37.8 Å². The third-order valence-corrected chi connectivity index (χ3v) is 6.12. The van der Waals surface area contributed by atoms with E-state index >= 15 is 0 Å². The molecule has 0 aromatic heterocycles. The molecule has 0 aromatic carbocycles. The standard InChI is InChI=1S/C11H22ClNO2S/c1-9(2)16(14,15)7-6-13-5-4-10(3)11(12)8-13/h9-11H,4-8H2,1-3H3. The highest BCUT2D eigenvalue weighted by Gasteiger charge is 2.25.